The van der Waals surface area contributed by atoms with Crippen molar-refractivity contribution in [2.75, 3.05) is 6.61 Å². The summed E-state index contributed by atoms with van der Waals surface area (Å²) in [5, 5.41) is -0.125. The molecule has 3 nitrogen and oxygen atoms in total. The molecule has 2 aromatic carbocycles. The van der Waals surface area contributed by atoms with Gasteiger partial charge in [0.05, 0.1) is 11.9 Å². The van der Waals surface area contributed by atoms with Crippen LogP contribution in [0.25, 0.3) is 0 Å². The lowest BCUT2D eigenvalue weighted by Crippen LogP contribution is -2.37. The first-order valence-corrected chi connectivity index (χ1v) is 8.40. The summed E-state index contributed by atoms with van der Waals surface area (Å²) < 4.78 is 5.08. The van der Waals surface area contributed by atoms with E-state index in [2.05, 4.69) is 12.1 Å². The monoisotopic (exact) mass is 315 g/mol. The molecule has 0 spiro atoms. The molecule has 2 N–H and O–H groups in total. The average Bonchev–Trinajstić information content (AvgIpc) is 2.57. The molecule has 116 valence electrons. The molecule has 0 amide bonds. The van der Waals surface area contributed by atoms with Crippen LogP contribution in [0.3, 0.4) is 0 Å². The van der Waals surface area contributed by atoms with E-state index in [0.717, 1.165) is 11.3 Å². The average molecular weight is 315 g/mol. The first-order valence-electron chi connectivity index (χ1n) is 7.35. The summed E-state index contributed by atoms with van der Waals surface area (Å²) in [7, 11) is 0. The molecule has 2 rings (SSSR count). The maximum atomic E-state index is 12.0. The number of carbonyl (C=O) groups excluding carboxylic acids is 1. The Balaban J connectivity index is 2.13. The van der Waals surface area contributed by atoms with E-state index in [1.54, 1.807) is 18.7 Å². The number of thioether (sulfide) groups is 1. The van der Waals surface area contributed by atoms with Crippen molar-refractivity contribution in [2.45, 2.75) is 24.0 Å². The predicted molar refractivity (Wildman–Crippen MR) is 91.5 cm³/mol. The van der Waals surface area contributed by atoms with E-state index in [9.17, 15) is 4.79 Å². The third-order valence-electron chi connectivity index (χ3n) is 3.29. The first-order chi connectivity index (χ1) is 10.7. The molecule has 0 saturated carbocycles. The second-order valence-corrected chi connectivity index (χ2v) is 6.04. The number of benzene rings is 2. The van der Waals surface area contributed by atoms with E-state index in [0.29, 0.717) is 6.61 Å². The standard InChI is InChI=1S/C18H21NO2S/c1-2-21-18(20)16(19)17(15-11-7-4-8-12-15)22-13-14-9-5-3-6-10-14/h3-12,16-17H,2,13,19H2,1H3. The Kier molecular flexibility index (Phi) is 6.49. The first kappa shape index (κ1) is 16.6. The van der Waals surface area contributed by atoms with Crippen molar-refractivity contribution in [1.29, 1.82) is 0 Å². The zero-order chi connectivity index (χ0) is 15.8. The Bertz CT molecular complexity index is 574. The maximum absolute atomic E-state index is 12.0. The molecule has 0 radical (unpaired) electrons. The van der Waals surface area contributed by atoms with Crippen LogP contribution in [0.4, 0.5) is 0 Å². The molecule has 0 aromatic heterocycles. The van der Waals surface area contributed by atoms with Gasteiger partial charge in [0, 0.05) is 5.75 Å². The summed E-state index contributed by atoms with van der Waals surface area (Å²) in [5.74, 6) is 0.449. The molecular formula is C18H21NO2S. The van der Waals surface area contributed by atoms with Gasteiger partial charge in [0.15, 0.2) is 0 Å². The Morgan fingerprint density at radius 1 is 1.09 bits per heavy atom. The van der Waals surface area contributed by atoms with Gasteiger partial charge in [0.25, 0.3) is 0 Å². The number of hydrogen-bond acceptors (Lipinski definition) is 4. The van der Waals surface area contributed by atoms with Crippen LogP contribution in [0.1, 0.15) is 23.3 Å². The number of rotatable bonds is 7. The summed E-state index contributed by atoms with van der Waals surface area (Å²) in [6.07, 6.45) is 0. The number of carbonyl (C=O) groups is 1. The van der Waals surface area contributed by atoms with Crippen molar-refractivity contribution in [2.24, 2.45) is 5.73 Å². The van der Waals surface area contributed by atoms with E-state index in [1.807, 2.05) is 48.5 Å². The van der Waals surface area contributed by atoms with Crippen molar-refractivity contribution in [3.63, 3.8) is 0 Å². The Labute approximate surface area is 135 Å². The molecule has 0 aliphatic carbocycles. The zero-order valence-corrected chi connectivity index (χ0v) is 13.5. The smallest absolute Gasteiger partial charge is 0.324 e. The third kappa shape index (κ3) is 4.61. The highest BCUT2D eigenvalue weighted by atomic mass is 32.2. The molecule has 22 heavy (non-hydrogen) atoms. The van der Waals surface area contributed by atoms with Crippen molar-refractivity contribution in [3.8, 4) is 0 Å². The highest BCUT2D eigenvalue weighted by Crippen LogP contribution is 2.34. The molecule has 4 heteroatoms. The van der Waals surface area contributed by atoms with Gasteiger partial charge in [0.2, 0.25) is 0 Å². The Morgan fingerprint density at radius 3 is 2.27 bits per heavy atom. The quantitative estimate of drug-likeness (QED) is 0.794. The van der Waals surface area contributed by atoms with E-state index >= 15 is 0 Å². The van der Waals surface area contributed by atoms with Gasteiger partial charge in [-0.05, 0) is 18.1 Å². The summed E-state index contributed by atoms with van der Waals surface area (Å²) in [4.78, 5) is 12.0. The molecule has 0 heterocycles. The van der Waals surface area contributed by atoms with Crippen molar-refractivity contribution in [3.05, 3.63) is 71.8 Å². The lowest BCUT2D eigenvalue weighted by molar-refractivity contribution is -0.144. The topological polar surface area (TPSA) is 52.3 Å². The van der Waals surface area contributed by atoms with E-state index in [4.69, 9.17) is 10.5 Å². The van der Waals surface area contributed by atoms with Crippen molar-refractivity contribution in [1.82, 2.24) is 0 Å². The van der Waals surface area contributed by atoms with Crippen LogP contribution in [0.5, 0.6) is 0 Å². The second kappa shape index (κ2) is 8.61. The maximum Gasteiger partial charge on any atom is 0.324 e. The minimum absolute atomic E-state index is 0.125. The molecular weight excluding hydrogens is 294 g/mol. The number of ether oxygens (including phenoxy) is 1. The molecule has 0 fully saturated rings. The molecule has 0 aliphatic heterocycles. The predicted octanol–water partition coefficient (Wildman–Crippen LogP) is 3.55. The molecule has 0 bridgehead atoms. The lowest BCUT2D eigenvalue weighted by Gasteiger charge is -2.22. The van der Waals surface area contributed by atoms with Crippen molar-refractivity contribution >= 4 is 17.7 Å². The molecule has 0 aliphatic rings. The second-order valence-electron chi connectivity index (χ2n) is 4.91. The summed E-state index contributed by atoms with van der Waals surface area (Å²) >= 11 is 1.66. The highest BCUT2D eigenvalue weighted by Gasteiger charge is 2.27. The fraction of sp³-hybridized carbons (Fsp3) is 0.278. The normalized spacial score (nSPS) is 13.4. The minimum Gasteiger partial charge on any atom is -0.465 e. The SMILES string of the molecule is CCOC(=O)C(N)C(SCc1ccccc1)c1ccccc1. The van der Waals surface area contributed by atoms with Crippen LogP contribution in [-0.4, -0.2) is 18.6 Å². The van der Waals surface area contributed by atoms with Crippen LogP contribution in [-0.2, 0) is 15.3 Å². The van der Waals surface area contributed by atoms with Crippen LogP contribution >= 0.6 is 11.8 Å². The minimum atomic E-state index is -0.670. The van der Waals surface area contributed by atoms with E-state index in [-0.39, 0.29) is 11.2 Å². The molecule has 0 saturated heterocycles. The zero-order valence-electron chi connectivity index (χ0n) is 12.6. The fourth-order valence-electron chi connectivity index (χ4n) is 2.17. The van der Waals surface area contributed by atoms with Crippen LogP contribution < -0.4 is 5.73 Å². The third-order valence-corrected chi connectivity index (χ3v) is 4.71. The molecule has 2 unspecified atom stereocenters. The molecule has 2 atom stereocenters. The van der Waals surface area contributed by atoms with Crippen LogP contribution in [0.15, 0.2) is 60.7 Å². The van der Waals surface area contributed by atoms with Gasteiger partial charge in [-0.3, -0.25) is 4.79 Å². The van der Waals surface area contributed by atoms with Gasteiger partial charge in [0.1, 0.15) is 6.04 Å². The number of esters is 1. The Hall–Kier alpha value is -1.78. The Morgan fingerprint density at radius 2 is 1.68 bits per heavy atom. The van der Waals surface area contributed by atoms with Gasteiger partial charge in [-0.2, -0.15) is 0 Å². The summed E-state index contributed by atoms with van der Waals surface area (Å²) in [6.45, 7) is 2.14. The molecule has 2 aromatic rings. The largest absolute Gasteiger partial charge is 0.465 e. The van der Waals surface area contributed by atoms with E-state index < -0.39 is 6.04 Å². The van der Waals surface area contributed by atoms with Crippen molar-refractivity contribution < 1.29 is 9.53 Å². The highest BCUT2D eigenvalue weighted by molar-refractivity contribution is 7.98. The van der Waals surface area contributed by atoms with Crippen LogP contribution in [0.2, 0.25) is 0 Å². The van der Waals surface area contributed by atoms with Gasteiger partial charge in [-0.15, -0.1) is 11.8 Å². The van der Waals surface area contributed by atoms with E-state index in [1.165, 1.54) is 5.56 Å². The number of hydrogen-bond donors (Lipinski definition) is 1. The van der Waals surface area contributed by atoms with Gasteiger partial charge >= 0.3 is 5.97 Å². The van der Waals surface area contributed by atoms with Gasteiger partial charge in [-0.25, -0.2) is 0 Å². The van der Waals surface area contributed by atoms with Crippen LogP contribution in [0, 0.1) is 0 Å². The van der Waals surface area contributed by atoms with Gasteiger partial charge < -0.3 is 10.5 Å². The lowest BCUT2D eigenvalue weighted by atomic mass is 10.1. The summed E-state index contributed by atoms with van der Waals surface area (Å²) in [5.41, 5.74) is 8.41. The van der Waals surface area contributed by atoms with Gasteiger partial charge in [-0.1, -0.05) is 60.7 Å². The number of nitrogens with two attached hydrogens (primary N) is 1. The summed E-state index contributed by atoms with van der Waals surface area (Å²) in [6, 6.07) is 19.4. The fourth-order valence-corrected chi connectivity index (χ4v) is 3.40.